The van der Waals surface area contributed by atoms with Crippen LogP contribution in [0.4, 0.5) is 5.69 Å². The van der Waals surface area contributed by atoms with E-state index in [1.807, 2.05) is 4.90 Å². The molecule has 1 aliphatic heterocycles. The standard InChI is InChI=1S/C23H31N3O4S/c1-16(27)24-20-2-4-21(5-3-20)31(29,30)26-8-6-25(7-9-26)22(28)23-13-17-10-18(14-23)12-19(11-17)15-23/h2-5,17-19H,6-15H2,1H3,(H,24,27). The van der Waals surface area contributed by atoms with Gasteiger partial charge in [-0.15, -0.1) is 0 Å². The van der Waals surface area contributed by atoms with E-state index < -0.39 is 10.0 Å². The van der Waals surface area contributed by atoms with E-state index in [-0.39, 0.29) is 22.1 Å². The van der Waals surface area contributed by atoms with Gasteiger partial charge in [-0.2, -0.15) is 4.31 Å². The molecular weight excluding hydrogens is 414 g/mol. The molecular formula is C23H31N3O4S. The van der Waals surface area contributed by atoms with Crippen LogP contribution < -0.4 is 5.32 Å². The first-order valence-electron chi connectivity index (χ1n) is 11.4. The van der Waals surface area contributed by atoms with Crippen molar-refractivity contribution in [3.05, 3.63) is 24.3 Å². The van der Waals surface area contributed by atoms with Gasteiger partial charge in [0.25, 0.3) is 0 Å². The zero-order valence-corrected chi connectivity index (χ0v) is 18.9. The van der Waals surface area contributed by atoms with Crippen molar-refractivity contribution in [2.75, 3.05) is 31.5 Å². The molecule has 4 saturated carbocycles. The maximum absolute atomic E-state index is 13.5. The summed E-state index contributed by atoms with van der Waals surface area (Å²) in [7, 11) is -3.62. The van der Waals surface area contributed by atoms with E-state index in [9.17, 15) is 18.0 Å². The van der Waals surface area contributed by atoms with Crippen LogP contribution in [0, 0.1) is 23.2 Å². The normalized spacial score (nSPS) is 32.8. The van der Waals surface area contributed by atoms with Crippen molar-refractivity contribution in [3.63, 3.8) is 0 Å². The molecule has 8 heteroatoms. The Morgan fingerprint density at radius 3 is 1.90 bits per heavy atom. The van der Waals surface area contributed by atoms with E-state index in [1.54, 1.807) is 12.1 Å². The van der Waals surface area contributed by atoms with Crippen LogP contribution in [0.2, 0.25) is 0 Å². The third-order valence-electron chi connectivity index (χ3n) is 7.83. The third-order valence-corrected chi connectivity index (χ3v) is 9.74. The Kier molecular flexibility index (Phi) is 5.13. The second-order valence-electron chi connectivity index (χ2n) is 10.1. The number of carbonyl (C=O) groups excluding carboxylic acids is 2. The number of sulfonamides is 1. The van der Waals surface area contributed by atoms with Gasteiger partial charge >= 0.3 is 0 Å². The smallest absolute Gasteiger partial charge is 0.243 e. The van der Waals surface area contributed by atoms with E-state index in [0.717, 1.165) is 37.0 Å². The Bertz CT molecular complexity index is 945. The lowest BCUT2D eigenvalue weighted by atomic mass is 9.49. The van der Waals surface area contributed by atoms with E-state index >= 15 is 0 Å². The average Bonchev–Trinajstić information content (AvgIpc) is 2.72. The minimum Gasteiger partial charge on any atom is -0.340 e. The van der Waals surface area contributed by atoms with Crippen molar-refractivity contribution in [1.82, 2.24) is 9.21 Å². The van der Waals surface area contributed by atoms with Gasteiger partial charge in [0.1, 0.15) is 0 Å². The molecule has 0 radical (unpaired) electrons. The average molecular weight is 446 g/mol. The molecule has 1 heterocycles. The fraction of sp³-hybridized carbons (Fsp3) is 0.652. The molecule has 0 atom stereocenters. The van der Waals surface area contributed by atoms with E-state index in [2.05, 4.69) is 5.32 Å². The molecule has 0 aromatic heterocycles. The van der Waals surface area contributed by atoms with Crippen LogP contribution >= 0.6 is 0 Å². The lowest BCUT2D eigenvalue weighted by Gasteiger charge is -2.57. The molecule has 1 aromatic carbocycles. The summed E-state index contributed by atoms with van der Waals surface area (Å²) in [5.74, 6) is 2.24. The van der Waals surface area contributed by atoms with Crippen molar-refractivity contribution >= 4 is 27.5 Å². The Morgan fingerprint density at radius 1 is 0.903 bits per heavy atom. The van der Waals surface area contributed by atoms with Crippen molar-refractivity contribution in [3.8, 4) is 0 Å². The molecule has 4 aliphatic carbocycles. The molecule has 5 fully saturated rings. The van der Waals surface area contributed by atoms with Crippen molar-refractivity contribution in [1.29, 1.82) is 0 Å². The zero-order valence-electron chi connectivity index (χ0n) is 18.0. The molecule has 0 spiro atoms. The van der Waals surface area contributed by atoms with Crippen LogP contribution in [-0.2, 0) is 19.6 Å². The molecule has 1 N–H and O–H groups in total. The first kappa shape index (κ1) is 20.9. The molecule has 168 valence electrons. The van der Waals surface area contributed by atoms with Gasteiger partial charge in [0.2, 0.25) is 21.8 Å². The highest BCUT2D eigenvalue weighted by Gasteiger charge is 2.55. The Balaban J connectivity index is 1.24. The number of piperazine rings is 1. The highest BCUT2D eigenvalue weighted by molar-refractivity contribution is 7.89. The van der Waals surface area contributed by atoms with Gasteiger partial charge in [-0.3, -0.25) is 9.59 Å². The van der Waals surface area contributed by atoms with Crippen LogP contribution in [0.25, 0.3) is 0 Å². The summed E-state index contributed by atoms with van der Waals surface area (Å²) in [5.41, 5.74) is 0.396. The molecule has 2 amide bonds. The van der Waals surface area contributed by atoms with Gasteiger partial charge in [0.15, 0.2) is 0 Å². The molecule has 0 unspecified atom stereocenters. The number of nitrogens with zero attached hydrogens (tertiary/aromatic N) is 2. The zero-order chi connectivity index (χ0) is 21.8. The maximum atomic E-state index is 13.5. The summed E-state index contributed by atoms with van der Waals surface area (Å²) in [4.78, 5) is 26.8. The lowest BCUT2D eigenvalue weighted by molar-refractivity contribution is -0.158. The number of nitrogens with one attached hydrogen (secondary N) is 1. The van der Waals surface area contributed by atoms with Crippen LogP contribution in [0.3, 0.4) is 0 Å². The number of carbonyl (C=O) groups is 2. The van der Waals surface area contributed by atoms with Crippen LogP contribution in [0.15, 0.2) is 29.2 Å². The topological polar surface area (TPSA) is 86.8 Å². The first-order chi connectivity index (χ1) is 14.7. The summed E-state index contributed by atoms with van der Waals surface area (Å²) in [6, 6.07) is 6.24. The number of rotatable bonds is 4. The van der Waals surface area contributed by atoms with Crippen LogP contribution in [0.1, 0.15) is 45.4 Å². The predicted octanol–water partition coefficient (Wildman–Crippen LogP) is 2.69. The SMILES string of the molecule is CC(=O)Nc1ccc(S(=O)(=O)N2CCN(C(=O)C34CC5CC(CC(C5)C3)C4)CC2)cc1. The summed E-state index contributed by atoms with van der Waals surface area (Å²) in [6.45, 7) is 2.99. The van der Waals surface area contributed by atoms with Crippen LogP contribution in [-0.4, -0.2) is 55.6 Å². The van der Waals surface area contributed by atoms with Gasteiger partial charge in [0, 0.05) is 38.8 Å². The van der Waals surface area contributed by atoms with E-state index in [1.165, 1.54) is 42.6 Å². The largest absolute Gasteiger partial charge is 0.340 e. The fourth-order valence-corrected chi connectivity index (χ4v) is 8.32. The van der Waals surface area contributed by atoms with Crippen LogP contribution in [0.5, 0.6) is 0 Å². The predicted molar refractivity (Wildman–Crippen MR) is 117 cm³/mol. The second kappa shape index (κ2) is 7.59. The van der Waals surface area contributed by atoms with Gasteiger partial charge < -0.3 is 10.2 Å². The number of hydrogen-bond acceptors (Lipinski definition) is 4. The second-order valence-corrected chi connectivity index (χ2v) is 12.0. The van der Waals surface area contributed by atoms with E-state index in [4.69, 9.17) is 0 Å². The maximum Gasteiger partial charge on any atom is 0.243 e. The van der Waals surface area contributed by atoms with Crippen molar-refractivity contribution in [2.24, 2.45) is 23.2 Å². The molecule has 5 aliphatic rings. The number of anilines is 1. The minimum absolute atomic E-state index is 0.171. The monoisotopic (exact) mass is 445 g/mol. The molecule has 31 heavy (non-hydrogen) atoms. The summed E-state index contributed by atoms with van der Waals surface area (Å²) in [6.07, 6.45) is 7.03. The highest BCUT2D eigenvalue weighted by Crippen LogP contribution is 2.60. The Morgan fingerprint density at radius 2 is 1.42 bits per heavy atom. The van der Waals surface area contributed by atoms with Gasteiger partial charge in [-0.05, 0) is 80.5 Å². The van der Waals surface area contributed by atoms with Gasteiger partial charge in [-0.25, -0.2) is 8.42 Å². The van der Waals surface area contributed by atoms with Crippen molar-refractivity contribution in [2.45, 2.75) is 50.3 Å². The summed E-state index contributed by atoms with van der Waals surface area (Å²) in [5, 5.41) is 2.64. The molecule has 1 aromatic rings. The highest BCUT2D eigenvalue weighted by atomic mass is 32.2. The fourth-order valence-electron chi connectivity index (χ4n) is 6.90. The first-order valence-corrected chi connectivity index (χ1v) is 12.9. The Labute approximate surface area is 184 Å². The summed E-state index contributed by atoms with van der Waals surface area (Å²) >= 11 is 0. The van der Waals surface area contributed by atoms with Crippen molar-refractivity contribution < 1.29 is 18.0 Å². The molecule has 4 bridgehead atoms. The van der Waals surface area contributed by atoms with Gasteiger partial charge in [-0.1, -0.05) is 0 Å². The molecule has 7 nitrogen and oxygen atoms in total. The number of benzene rings is 1. The number of amides is 2. The minimum atomic E-state index is -3.62. The Hall–Kier alpha value is -1.93. The lowest BCUT2D eigenvalue weighted by Crippen LogP contribution is -2.58. The molecule has 6 rings (SSSR count). The quantitative estimate of drug-likeness (QED) is 0.772. The van der Waals surface area contributed by atoms with E-state index in [0.29, 0.717) is 31.9 Å². The molecule has 1 saturated heterocycles. The summed E-state index contributed by atoms with van der Waals surface area (Å²) < 4.78 is 27.6. The van der Waals surface area contributed by atoms with Gasteiger partial charge in [0.05, 0.1) is 10.3 Å². The third kappa shape index (κ3) is 3.78. The number of hydrogen-bond donors (Lipinski definition) is 1.